The summed E-state index contributed by atoms with van der Waals surface area (Å²) in [5.41, 5.74) is 0.166. The van der Waals surface area contributed by atoms with Crippen molar-refractivity contribution in [2.75, 3.05) is 0 Å². The normalized spacial score (nSPS) is 24.9. The van der Waals surface area contributed by atoms with Gasteiger partial charge in [0.05, 0.1) is 0 Å². The third-order valence-electron chi connectivity index (χ3n) is 4.19. The van der Waals surface area contributed by atoms with Crippen LogP contribution in [-0.2, 0) is 6.42 Å². The minimum absolute atomic E-state index is 0.115. The van der Waals surface area contributed by atoms with E-state index in [1.54, 1.807) is 12.1 Å². The second-order valence-corrected chi connectivity index (χ2v) is 5.55. The highest BCUT2D eigenvalue weighted by molar-refractivity contribution is 5.39. The van der Waals surface area contributed by atoms with Gasteiger partial charge in [-0.25, -0.2) is 0 Å². The molecule has 0 bridgehead atoms. The molecule has 2 nitrogen and oxygen atoms in total. The molecule has 2 aliphatic rings. The van der Waals surface area contributed by atoms with Crippen LogP contribution in [0.1, 0.15) is 42.9 Å². The van der Waals surface area contributed by atoms with Crippen molar-refractivity contribution >= 4 is 0 Å². The molecule has 0 spiro atoms. The number of hydrogen-bond donors (Lipinski definition) is 2. The molecule has 1 aromatic carbocycles. The SMILES string of the molecule is Oc1ccc2c(c1)C(NC1(C(F)(F)F)CC1)CCC2. The highest BCUT2D eigenvalue weighted by Crippen LogP contribution is 2.51. The lowest BCUT2D eigenvalue weighted by Gasteiger charge is -2.31. The molecular weight excluding hydrogens is 255 g/mol. The molecule has 5 heteroatoms. The molecule has 104 valence electrons. The quantitative estimate of drug-likeness (QED) is 0.863. The molecule has 0 aromatic heterocycles. The number of aromatic hydroxyl groups is 1. The summed E-state index contributed by atoms with van der Waals surface area (Å²) >= 11 is 0. The van der Waals surface area contributed by atoms with Crippen molar-refractivity contribution in [3.63, 3.8) is 0 Å². The molecule has 19 heavy (non-hydrogen) atoms. The maximum absolute atomic E-state index is 13.0. The van der Waals surface area contributed by atoms with E-state index in [0.29, 0.717) is 6.42 Å². The zero-order chi connectivity index (χ0) is 13.7. The maximum Gasteiger partial charge on any atom is 0.406 e. The number of hydrogen-bond acceptors (Lipinski definition) is 2. The van der Waals surface area contributed by atoms with Gasteiger partial charge in [0.1, 0.15) is 11.3 Å². The molecule has 1 aromatic rings. The summed E-state index contributed by atoms with van der Waals surface area (Å²) in [5, 5.41) is 12.3. The van der Waals surface area contributed by atoms with Gasteiger partial charge in [-0.05, 0) is 55.4 Å². The topological polar surface area (TPSA) is 32.3 Å². The molecule has 0 heterocycles. The third kappa shape index (κ3) is 2.20. The van der Waals surface area contributed by atoms with E-state index in [1.165, 1.54) is 0 Å². The Bertz CT molecular complexity index is 494. The third-order valence-corrected chi connectivity index (χ3v) is 4.19. The van der Waals surface area contributed by atoms with Gasteiger partial charge in [-0.2, -0.15) is 13.2 Å². The fraction of sp³-hybridized carbons (Fsp3) is 0.571. The minimum Gasteiger partial charge on any atom is -0.508 e. The van der Waals surface area contributed by atoms with Crippen LogP contribution in [-0.4, -0.2) is 16.8 Å². The van der Waals surface area contributed by atoms with Crippen LogP contribution in [0.2, 0.25) is 0 Å². The highest BCUT2D eigenvalue weighted by Gasteiger charge is 2.63. The van der Waals surface area contributed by atoms with Crippen LogP contribution in [0.5, 0.6) is 5.75 Å². The van der Waals surface area contributed by atoms with E-state index in [1.807, 2.05) is 6.07 Å². The van der Waals surface area contributed by atoms with Crippen LogP contribution >= 0.6 is 0 Å². The number of nitrogens with one attached hydrogen (secondary N) is 1. The molecule has 0 aliphatic heterocycles. The summed E-state index contributed by atoms with van der Waals surface area (Å²) < 4.78 is 39.0. The molecule has 3 rings (SSSR count). The molecule has 2 aliphatic carbocycles. The Hall–Kier alpha value is -1.23. The molecule has 2 N–H and O–H groups in total. The Morgan fingerprint density at radius 1 is 1.26 bits per heavy atom. The van der Waals surface area contributed by atoms with Crippen molar-refractivity contribution in [3.05, 3.63) is 29.3 Å². The fourth-order valence-corrected chi connectivity index (χ4v) is 2.90. The second-order valence-electron chi connectivity index (χ2n) is 5.55. The number of phenols is 1. The number of phenolic OH excluding ortho intramolecular Hbond substituents is 1. The Morgan fingerprint density at radius 2 is 2.00 bits per heavy atom. The van der Waals surface area contributed by atoms with Gasteiger partial charge in [-0.15, -0.1) is 0 Å². The van der Waals surface area contributed by atoms with Crippen molar-refractivity contribution in [3.8, 4) is 5.75 Å². The largest absolute Gasteiger partial charge is 0.508 e. The summed E-state index contributed by atoms with van der Waals surface area (Å²) in [4.78, 5) is 0. The monoisotopic (exact) mass is 271 g/mol. The van der Waals surface area contributed by atoms with E-state index in [2.05, 4.69) is 5.32 Å². The van der Waals surface area contributed by atoms with Gasteiger partial charge in [-0.1, -0.05) is 6.07 Å². The van der Waals surface area contributed by atoms with E-state index >= 15 is 0 Å². The minimum atomic E-state index is -4.19. The first-order valence-corrected chi connectivity index (χ1v) is 6.57. The number of rotatable bonds is 2. The summed E-state index contributed by atoms with van der Waals surface area (Å²) in [7, 11) is 0. The predicted molar refractivity (Wildman–Crippen MR) is 64.9 cm³/mol. The van der Waals surface area contributed by atoms with Gasteiger partial charge in [-0.3, -0.25) is 5.32 Å². The van der Waals surface area contributed by atoms with Crippen LogP contribution in [0.3, 0.4) is 0 Å². The predicted octanol–water partition coefficient (Wildman–Crippen LogP) is 3.45. The first-order valence-electron chi connectivity index (χ1n) is 6.57. The standard InChI is InChI=1S/C14H16F3NO/c15-14(16,17)13(6-7-13)18-12-3-1-2-9-4-5-10(19)8-11(9)12/h4-5,8,12,18-19H,1-3,6-7H2. The lowest BCUT2D eigenvalue weighted by atomic mass is 9.87. The molecule has 1 saturated carbocycles. The van der Waals surface area contributed by atoms with Gasteiger partial charge < -0.3 is 5.11 Å². The molecule has 1 fully saturated rings. The van der Waals surface area contributed by atoms with Gasteiger partial charge in [0.25, 0.3) is 0 Å². The highest BCUT2D eigenvalue weighted by atomic mass is 19.4. The van der Waals surface area contributed by atoms with Crippen molar-refractivity contribution in [2.45, 2.75) is 49.9 Å². The van der Waals surface area contributed by atoms with Gasteiger partial charge in [0, 0.05) is 6.04 Å². The van der Waals surface area contributed by atoms with Crippen molar-refractivity contribution in [1.82, 2.24) is 5.32 Å². The second kappa shape index (κ2) is 4.13. The van der Waals surface area contributed by atoms with Crippen LogP contribution in [0.4, 0.5) is 13.2 Å². The molecule has 0 amide bonds. The first kappa shape index (κ1) is 12.8. The number of alkyl halides is 3. The Morgan fingerprint density at radius 3 is 2.63 bits per heavy atom. The van der Waals surface area contributed by atoms with Crippen molar-refractivity contribution in [2.24, 2.45) is 0 Å². The van der Waals surface area contributed by atoms with E-state index in [4.69, 9.17) is 0 Å². The number of halogens is 3. The number of benzene rings is 1. The van der Waals surface area contributed by atoms with Crippen molar-refractivity contribution < 1.29 is 18.3 Å². The van der Waals surface area contributed by atoms with Crippen LogP contribution in [0.15, 0.2) is 18.2 Å². The van der Waals surface area contributed by atoms with E-state index in [0.717, 1.165) is 24.0 Å². The summed E-state index contributed by atoms with van der Waals surface area (Å²) in [6, 6.07) is 4.70. The molecule has 1 atom stereocenters. The number of aryl methyl sites for hydroxylation is 1. The van der Waals surface area contributed by atoms with E-state index in [9.17, 15) is 18.3 Å². The molecular formula is C14H16F3NO. The molecule has 0 saturated heterocycles. The van der Waals surface area contributed by atoms with Gasteiger partial charge >= 0.3 is 6.18 Å². The van der Waals surface area contributed by atoms with Crippen LogP contribution in [0.25, 0.3) is 0 Å². The summed E-state index contributed by atoms with van der Waals surface area (Å²) in [6.45, 7) is 0. The zero-order valence-electron chi connectivity index (χ0n) is 10.4. The smallest absolute Gasteiger partial charge is 0.406 e. The van der Waals surface area contributed by atoms with E-state index in [-0.39, 0.29) is 24.6 Å². The lowest BCUT2D eigenvalue weighted by Crippen LogP contribution is -2.47. The van der Waals surface area contributed by atoms with E-state index < -0.39 is 11.7 Å². The average molecular weight is 271 g/mol. The summed E-state index contributed by atoms with van der Waals surface area (Å²) in [6.07, 6.45) is -1.45. The van der Waals surface area contributed by atoms with Crippen LogP contribution < -0.4 is 5.32 Å². The fourth-order valence-electron chi connectivity index (χ4n) is 2.90. The van der Waals surface area contributed by atoms with Gasteiger partial charge in [0.15, 0.2) is 0 Å². The van der Waals surface area contributed by atoms with Crippen molar-refractivity contribution in [1.29, 1.82) is 0 Å². The Kier molecular flexibility index (Phi) is 2.78. The first-order chi connectivity index (χ1) is 8.91. The zero-order valence-corrected chi connectivity index (χ0v) is 10.4. The Labute approximate surface area is 109 Å². The lowest BCUT2D eigenvalue weighted by molar-refractivity contribution is -0.168. The Balaban J connectivity index is 1.87. The van der Waals surface area contributed by atoms with Crippen LogP contribution in [0, 0.1) is 0 Å². The molecule has 1 unspecified atom stereocenters. The number of fused-ring (bicyclic) bond motifs is 1. The average Bonchev–Trinajstić information content (AvgIpc) is 3.10. The summed E-state index contributed by atoms with van der Waals surface area (Å²) in [5.74, 6) is 0.115. The van der Waals surface area contributed by atoms with Gasteiger partial charge in [0.2, 0.25) is 0 Å². The molecule has 0 radical (unpaired) electrons. The maximum atomic E-state index is 13.0.